The van der Waals surface area contributed by atoms with Crippen LogP contribution in [-0.2, 0) is 13.6 Å². The van der Waals surface area contributed by atoms with Gasteiger partial charge in [-0.3, -0.25) is 9.36 Å². The number of nitrogens with one attached hydrogen (secondary N) is 1. The van der Waals surface area contributed by atoms with Gasteiger partial charge in [-0.15, -0.1) is 0 Å². The summed E-state index contributed by atoms with van der Waals surface area (Å²) in [4.78, 5) is 0. The first kappa shape index (κ1) is 15.8. The minimum Gasteiger partial charge on any atom is -0.306 e. The smallest absolute Gasteiger partial charge is 0.0647 e. The molecule has 5 nitrogen and oxygen atoms in total. The van der Waals surface area contributed by atoms with E-state index in [1.807, 2.05) is 22.6 Å². The van der Waals surface area contributed by atoms with E-state index in [9.17, 15) is 0 Å². The molecular weight excluding hydrogens is 262 g/mol. The monoisotopic (exact) mass is 289 g/mol. The Bertz CT molecular complexity index is 582. The van der Waals surface area contributed by atoms with Gasteiger partial charge in [0.25, 0.3) is 0 Å². The fraction of sp³-hybridized carbons (Fsp3) is 0.625. The second kappa shape index (κ2) is 6.89. The van der Waals surface area contributed by atoms with E-state index in [0.29, 0.717) is 0 Å². The van der Waals surface area contributed by atoms with Gasteiger partial charge in [0.15, 0.2) is 0 Å². The minimum absolute atomic E-state index is 0.171. The molecule has 0 saturated heterocycles. The Balaban J connectivity index is 2.37. The number of aryl methyl sites for hydroxylation is 3. The van der Waals surface area contributed by atoms with Crippen molar-refractivity contribution in [2.45, 2.75) is 53.1 Å². The highest BCUT2D eigenvalue weighted by molar-refractivity contribution is 5.35. The average molecular weight is 289 g/mol. The Morgan fingerprint density at radius 2 is 2.00 bits per heavy atom. The lowest BCUT2D eigenvalue weighted by atomic mass is 9.99. The maximum atomic E-state index is 4.56. The summed E-state index contributed by atoms with van der Waals surface area (Å²) in [6, 6.07) is 0.171. The summed E-state index contributed by atoms with van der Waals surface area (Å²) in [7, 11) is 2.00. The van der Waals surface area contributed by atoms with E-state index in [1.54, 1.807) is 0 Å². The second-order valence-corrected chi connectivity index (χ2v) is 5.63. The Labute approximate surface area is 127 Å². The summed E-state index contributed by atoms with van der Waals surface area (Å²) >= 11 is 0. The molecule has 0 spiro atoms. The van der Waals surface area contributed by atoms with Crippen molar-refractivity contribution in [1.29, 1.82) is 0 Å². The fourth-order valence-electron chi connectivity index (χ4n) is 2.76. The highest BCUT2D eigenvalue weighted by atomic mass is 15.3. The van der Waals surface area contributed by atoms with E-state index in [-0.39, 0.29) is 6.04 Å². The van der Waals surface area contributed by atoms with Gasteiger partial charge in [0.2, 0.25) is 0 Å². The lowest BCUT2D eigenvalue weighted by Gasteiger charge is -2.18. The molecule has 0 aromatic carbocycles. The molecule has 0 saturated carbocycles. The van der Waals surface area contributed by atoms with Crippen LogP contribution in [0.4, 0.5) is 0 Å². The highest BCUT2D eigenvalue weighted by Gasteiger charge is 2.22. The molecule has 2 aromatic heterocycles. The third-order valence-corrected chi connectivity index (χ3v) is 3.89. The second-order valence-electron chi connectivity index (χ2n) is 5.63. The Morgan fingerprint density at radius 1 is 1.24 bits per heavy atom. The summed E-state index contributed by atoms with van der Waals surface area (Å²) in [5.74, 6) is 0. The van der Waals surface area contributed by atoms with E-state index in [2.05, 4.69) is 49.4 Å². The SMILES string of the molecule is CCCNC(c1cnn(CCC)c1)c1c(C)nn(C)c1C. The van der Waals surface area contributed by atoms with Gasteiger partial charge in [0.1, 0.15) is 0 Å². The van der Waals surface area contributed by atoms with Crippen molar-refractivity contribution in [2.24, 2.45) is 7.05 Å². The zero-order chi connectivity index (χ0) is 15.4. The predicted molar refractivity (Wildman–Crippen MR) is 85.3 cm³/mol. The standard InChI is InChI=1S/C16H27N5/c1-6-8-17-16(14-10-18-21(11-14)9-7-2)15-12(3)19-20(5)13(15)4/h10-11,16-17H,6-9H2,1-5H3. The fourth-order valence-corrected chi connectivity index (χ4v) is 2.76. The van der Waals surface area contributed by atoms with E-state index in [4.69, 9.17) is 0 Å². The zero-order valence-electron chi connectivity index (χ0n) is 13.8. The van der Waals surface area contributed by atoms with Crippen molar-refractivity contribution in [1.82, 2.24) is 24.9 Å². The third kappa shape index (κ3) is 3.35. The molecule has 1 unspecified atom stereocenters. The minimum atomic E-state index is 0.171. The summed E-state index contributed by atoms with van der Waals surface area (Å²) in [5, 5.41) is 12.7. The molecule has 0 amide bonds. The summed E-state index contributed by atoms with van der Waals surface area (Å²) in [5.41, 5.74) is 4.80. The van der Waals surface area contributed by atoms with Gasteiger partial charge in [-0.05, 0) is 33.2 Å². The first-order valence-corrected chi connectivity index (χ1v) is 7.84. The van der Waals surface area contributed by atoms with Gasteiger partial charge in [-0.1, -0.05) is 13.8 Å². The Kier molecular flexibility index (Phi) is 5.17. The first-order valence-electron chi connectivity index (χ1n) is 7.84. The Hall–Kier alpha value is -1.62. The Morgan fingerprint density at radius 3 is 2.57 bits per heavy atom. The van der Waals surface area contributed by atoms with Crippen LogP contribution in [0, 0.1) is 13.8 Å². The van der Waals surface area contributed by atoms with Crippen molar-refractivity contribution < 1.29 is 0 Å². The van der Waals surface area contributed by atoms with Gasteiger partial charge in [-0.2, -0.15) is 10.2 Å². The highest BCUT2D eigenvalue weighted by Crippen LogP contribution is 2.27. The molecule has 0 aliphatic rings. The van der Waals surface area contributed by atoms with Gasteiger partial charge < -0.3 is 5.32 Å². The molecule has 2 heterocycles. The third-order valence-electron chi connectivity index (χ3n) is 3.89. The van der Waals surface area contributed by atoms with Crippen molar-refractivity contribution >= 4 is 0 Å². The average Bonchev–Trinajstić information content (AvgIpc) is 3.00. The quantitative estimate of drug-likeness (QED) is 0.852. The maximum absolute atomic E-state index is 4.56. The molecular formula is C16H27N5. The molecule has 5 heteroatoms. The molecule has 1 atom stereocenters. The number of rotatable bonds is 7. The number of hydrogen-bond donors (Lipinski definition) is 1. The van der Waals surface area contributed by atoms with Crippen LogP contribution in [0.5, 0.6) is 0 Å². The molecule has 2 aromatic rings. The van der Waals surface area contributed by atoms with Gasteiger partial charge >= 0.3 is 0 Å². The maximum Gasteiger partial charge on any atom is 0.0647 e. The van der Waals surface area contributed by atoms with E-state index < -0.39 is 0 Å². The van der Waals surface area contributed by atoms with Crippen LogP contribution in [0.3, 0.4) is 0 Å². The predicted octanol–water partition coefficient (Wildman–Crippen LogP) is 2.73. The largest absolute Gasteiger partial charge is 0.306 e. The summed E-state index contributed by atoms with van der Waals surface area (Å²) < 4.78 is 3.98. The molecule has 0 bridgehead atoms. The van der Waals surface area contributed by atoms with Gasteiger partial charge in [0.05, 0.1) is 17.9 Å². The van der Waals surface area contributed by atoms with Crippen LogP contribution in [0.25, 0.3) is 0 Å². The first-order chi connectivity index (χ1) is 10.1. The van der Waals surface area contributed by atoms with Crippen LogP contribution in [-0.4, -0.2) is 26.1 Å². The number of nitrogens with zero attached hydrogens (tertiary/aromatic N) is 4. The van der Waals surface area contributed by atoms with E-state index >= 15 is 0 Å². The van der Waals surface area contributed by atoms with Crippen LogP contribution < -0.4 is 5.32 Å². The zero-order valence-corrected chi connectivity index (χ0v) is 13.8. The topological polar surface area (TPSA) is 47.7 Å². The van der Waals surface area contributed by atoms with Crippen molar-refractivity contribution in [3.8, 4) is 0 Å². The molecule has 2 rings (SSSR count). The lowest BCUT2D eigenvalue weighted by molar-refractivity contribution is 0.584. The molecule has 0 aliphatic carbocycles. The number of hydrogen-bond acceptors (Lipinski definition) is 3. The molecule has 0 fully saturated rings. The van der Waals surface area contributed by atoms with Crippen molar-refractivity contribution in [3.05, 3.63) is 34.9 Å². The van der Waals surface area contributed by atoms with Crippen LogP contribution in [0.15, 0.2) is 12.4 Å². The van der Waals surface area contributed by atoms with Gasteiger partial charge in [-0.25, -0.2) is 0 Å². The lowest BCUT2D eigenvalue weighted by Crippen LogP contribution is -2.24. The summed E-state index contributed by atoms with van der Waals surface area (Å²) in [6.07, 6.45) is 6.34. The molecule has 21 heavy (non-hydrogen) atoms. The van der Waals surface area contributed by atoms with Crippen LogP contribution >= 0.6 is 0 Å². The van der Waals surface area contributed by atoms with Crippen LogP contribution in [0.1, 0.15) is 55.2 Å². The number of aromatic nitrogens is 4. The summed E-state index contributed by atoms with van der Waals surface area (Å²) in [6.45, 7) is 10.5. The van der Waals surface area contributed by atoms with E-state index in [0.717, 1.165) is 31.6 Å². The molecule has 116 valence electrons. The van der Waals surface area contributed by atoms with Crippen molar-refractivity contribution in [3.63, 3.8) is 0 Å². The van der Waals surface area contributed by atoms with E-state index in [1.165, 1.54) is 16.8 Å². The van der Waals surface area contributed by atoms with Crippen molar-refractivity contribution in [2.75, 3.05) is 6.54 Å². The molecule has 1 N–H and O–H groups in total. The van der Waals surface area contributed by atoms with Gasteiger partial charge in [0, 0.05) is 36.6 Å². The van der Waals surface area contributed by atoms with Crippen LogP contribution in [0.2, 0.25) is 0 Å². The normalized spacial score (nSPS) is 12.8. The molecule has 0 radical (unpaired) electrons. The molecule has 0 aliphatic heterocycles.